The second kappa shape index (κ2) is 7.26. The average molecular weight is 424 g/mol. The zero-order chi connectivity index (χ0) is 21.8. The maximum Gasteiger partial charge on any atom is 0.265 e. The summed E-state index contributed by atoms with van der Waals surface area (Å²) < 4.78 is 3.90. The number of aryl methyl sites for hydroxylation is 2. The number of hydrogen-bond acceptors (Lipinski definition) is 4. The van der Waals surface area contributed by atoms with Crippen molar-refractivity contribution >= 4 is 33.2 Å². The maximum atomic E-state index is 13.9. The highest BCUT2D eigenvalue weighted by Gasteiger charge is 2.26. The van der Waals surface area contributed by atoms with Gasteiger partial charge in [0.15, 0.2) is 11.3 Å². The number of benzene rings is 2. The molecule has 0 aliphatic heterocycles. The van der Waals surface area contributed by atoms with Gasteiger partial charge in [-0.15, -0.1) is 0 Å². The summed E-state index contributed by atoms with van der Waals surface area (Å²) in [4.78, 5) is 28.7. The molecule has 0 bridgehead atoms. The molecule has 3 heterocycles. The second-order valence-electron chi connectivity index (χ2n) is 8.71. The highest BCUT2D eigenvalue weighted by molar-refractivity contribution is 6.05. The Labute approximate surface area is 185 Å². The van der Waals surface area contributed by atoms with Gasteiger partial charge in [0.2, 0.25) is 0 Å². The summed E-state index contributed by atoms with van der Waals surface area (Å²) in [6, 6.07) is 16.4. The number of para-hydroxylation sites is 2. The Morgan fingerprint density at radius 2 is 1.59 bits per heavy atom. The fraction of sp³-hybridized carbons (Fsp3) is 0.308. The van der Waals surface area contributed by atoms with Crippen LogP contribution in [-0.4, -0.2) is 24.1 Å². The van der Waals surface area contributed by atoms with Crippen LogP contribution in [0, 0.1) is 6.92 Å². The fourth-order valence-electron chi connectivity index (χ4n) is 5.13. The van der Waals surface area contributed by atoms with Gasteiger partial charge in [0.25, 0.3) is 5.56 Å². The van der Waals surface area contributed by atoms with Crippen LogP contribution in [0.2, 0.25) is 0 Å². The SMILES string of the molecule is CCc1ccc(-n2c3nc4ccccc4nc3c3c(=O)n(C4CCCC4)c(C)nc32)cc1. The molecule has 0 amide bonds. The molecule has 2 aromatic carbocycles. The molecular formula is C26H25N5O. The van der Waals surface area contributed by atoms with Crippen LogP contribution in [0.25, 0.3) is 38.9 Å². The molecule has 6 rings (SSSR count). The van der Waals surface area contributed by atoms with E-state index in [2.05, 4.69) is 31.2 Å². The lowest BCUT2D eigenvalue weighted by Gasteiger charge is -2.16. The molecule has 32 heavy (non-hydrogen) atoms. The lowest BCUT2D eigenvalue weighted by molar-refractivity contribution is 0.485. The van der Waals surface area contributed by atoms with Crippen molar-refractivity contribution in [3.8, 4) is 5.69 Å². The van der Waals surface area contributed by atoms with Gasteiger partial charge in [-0.3, -0.25) is 13.9 Å². The number of hydrogen-bond donors (Lipinski definition) is 0. The summed E-state index contributed by atoms with van der Waals surface area (Å²) in [6.07, 6.45) is 5.34. The number of fused-ring (bicyclic) bond motifs is 4. The molecule has 0 N–H and O–H groups in total. The molecule has 5 aromatic rings. The standard InChI is InChI=1S/C26H25N5O/c1-3-17-12-14-19(15-13-17)31-24-22(23-25(31)29-21-11-7-6-10-20(21)28-23)26(32)30(16(2)27-24)18-8-4-5-9-18/h6-7,10-15,18H,3-5,8-9H2,1-2H3. The highest BCUT2D eigenvalue weighted by Crippen LogP contribution is 2.32. The molecule has 0 atom stereocenters. The Kier molecular flexibility index (Phi) is 4.35. The molecule has 0 unspecified atom stereocenters. The van der Waals surface area contributed by atoms with Gasteiger partial charge in [-0.05, 0) is 56.0 Å². The summed E-state index contributed by atoms with van der Waals surface area (Å²) in [7, 11) is 0. The van der Waals surface area contributed by atoms with E-state index in [1.54, 1.807) is 0 Å². The molecule has 1 aliphatic carbocycles. The third-order valence-electron chi connectivity index (χ3n) is 6.78. The summed E-state index contributed by atoms with van der Waals surface area (Å²) in [5, 5.41) is 0.565. The van der Waals surface area contributed by atoms with E-state index in [-0.39, 0.29) is 11.6 Å². The summed E-state index contributed by atoms with van der Waals surface area (Å²) in [5.74, 6) is 0.758. The van der Waals surface area contributed by atoms with Crippen LogP contribution in [0.3, 0.4) is 0 Å². The topological polar surface area (TPSA) is 65.6 Å². The zero-order valence-electron chi connectivity index (χ0n) is 18.4. The van der Waals surface area contributed by atoms with E-state index >= 15 is 0 Å². The smallest absolute Gasteiger partial charge is 0.265 e. The van der Waals surface area contributed by atoms with Gasteiger partial charge in [-0.2, -0.15) is 0 Å². The minimum atomic E-state index is -0.00194. The Hall–Kier alpha value is -3.54. The van der Waals surface area contributed by atoms with Crippen molar-refractivity contribution in [3.63, 3.8) is 0 Å². The Morgan fingerprint density at radius 3 is 2.28 bits per heavy atom. The summed E-state index contributed by atoms with van der Waals surface area (Å²) in [6.45, 7) is 4.09. The van der Waals surface area contributed by atoms with E-state index in [4.69, 9.17) is 15.0 Å². The first-order valence-electron chi connectivity index (χ1n) is 11.4. The zero-order valence-corrected chi connectivity index (χ0v) is 18.4. The Balaban J connectivity index is 1.76. The number of rotatable bonds is 3. The van der Waals surface area contributed by atoms with E-state index in [1.807, 2.05) is 40.3 Å². The van der Waals surface area contributed by atoms with Gasteiger partial charge in [0, 0.05) is 11.7 Å². The van der Waals surface area contributed by atoms with Gasteiger partial charge in [0.05, 0.1) is 11.0 Å². The molecule has 6 nitrogen and oxygen atoms in total. The van der Waals surface area contributed by atoms with Gasteiger partial charge in [-0.25, -0.2) is 15.0 Å². The van der Waals surface area contributed by atoms with Crippen molar-refractivity contribution in [2.75, 3.05) is 0 Å². The van der Waals surface area contributed by atoms with Crippen molar-refractivity contribution < 1.29 is 0 Å². The molecular weight excluding hydrogens is 398 g/mol. The molecule has 1 aliphatic rings. The molecule has 6 heteroatoms. The van der Waals surface area contributed by atoms with Crippen molar-refractivity contribution in [1.82, 2.24) is 24.1 Å². The van der Waals surface area contributed by atoms with Gasteiger partial charge >= 0.3 is 0 Å². The number of aromatic nitrogens is 5. The average Bonchev–Trinajstić information content (AvgIpc) is 3.44. The largest absolute Gasteiger partial charge is 0.293 e. The first kappa shape index (κ1) is 19.2. The molecule has 160 valence electrons. The summed E-state index contributed by atoms with van der Waals surface area (Å²) in [5.41, 5.74) is 5.73. The normalized spacial score (nSPS) is 14.8. The van der Waals surface area contributed by atoms with Crippen molar-refractivity contribution in [2.24, 2.45) is 0 Å². The van der Waals surface area contributed by atoms with E-state index in [0.717, 1.165) is 54.6 Å². The van der Waals surface area contributed by atoms with Crippen LogP contribution < -0.4 is 5.56 Å². The molecule has 0 saturated heterocycles. The maximum absolute atomic E-state index is 13.9. The lowest BCUT2D eigenvalue weighted by atomic mass is 10.1. The molecule has 0 radical (unpaired) electrons. The summed E-state index contributed by atoms with van der Waals surface area (Å²) >= 11 is 0. The van der Waals surface area contributed by atoms with Crippen LogP contribution in [0.5, 0.6) is 0 Å². The van der Waals surface area contributed by atoms with E-state index < -0.39 is 0 Å². The first-order valence-corrected chi connectivity index (χ1v) is 11.4. The van der Waals surface area contributed by atoms with Gasteiger partial charge < -0.3 is 0 Å². The third kappa shape index (κ3) is 2.79. The monoisotopic (exact) mass is 423 g/mol. The van der Waals surface area contributed by atoms with Crippen LogP contribution in [0.4, 0.5) is 0 Å². The molecule has 1 saturated carbocycles. The minimum Gasteiger partial charge on any atom is -0.293 e. The first-order chi connectivity index (χ1) is 15.7. The minimum absolute atomic E-state index is 0.00194. The van der Waals surface area contributed by atoms with Crippen molar-refractivity contribution in [3.05, 3.63) is 70.3 Å². The second-order valence-corrected chi connectivity index (χ2v) is 8.71. The van der Waals surface area contributed by atoms with Crippen molar-refractivity contribution in [2.45, 2.75) is 52.0 Å². The Morgan fingerprint density at radius 1 is 0.906 bits per heavy atom. The van der Waals surface area contributed by atoms with Crippen molar-refractivity contribution in [1.29, 1.82) is 0 Å². The lowest BCUT2D eigenvalue weighted by Crippen LogP contribution is -2.27. The van der Waals surface area contributed by atoms with Gasteiger partial charge in [0.1, 0.15) is 16.7 Å². The van der Waals surface area contributed by atoms with Crippen LogP contribution in [-0.2, 0) is 6.42 Å². The predicted molar refractivity (Wildman–Crippen MR) is 128 cm³/mol. The molecule has 3 aromatic heterocycles. The number of nitrogens with zero attached hydrogens (tertiary/aromatic N) is 5. The molecule has 0 spiro atoms. The molecule has 1 fully saturated rings. The van der Waals surface area contributed by atoms with E-state index in [9.17, 15) is 4.79 Å². The van der Waals surface area contributed by atoms with Crippen LogP contribution in [0.15, 0.2) is 53.3 Å². The van der Waals surface area contributed by atoms with E-state index in [1.165, 1.54) is 5.56 Å². The van der Waals surface area contributed by atoms with Gasteiger partial charge in [-0.1, -0.05) is 44.0 Å². The Bertz CT molecular complexity index is 1540. The van der Waals surface area contributed by atoms with E-state index in [0.29, 0.717) is 22.2 Å². The quantitative estimate of drug-likeness (QED) is 0.397. The van der Waals surface area contributed by atoms with Crippen LogP contribution in [0.1, 0.15) is 50.0 Å². The van der Waals surface area contributed by atoms with Crippen LogP contribution >= 0.6 is 0 Å². The highest BCUT2D eigenvalue weighted by atomic mass is 16.1. The third-order valence-corrected chi connectivity index (χ3v) is 6.78. The predicted octanol–water partition coefficient (Wildman–Crippen LogP) is 5.27. The fourth-order valence-corrected chi connectivity index (χ4v) is 5.13.